The maximum atomic E-state index is 12.4. The van der Waals surface area contributed by atoms with E-state index in [2.05, 4.69) is 50.4 Å². The van der Waals surface area contributed by atoms with E-state index in [0.29, 0.717) is 12.8 Å². The van der Waals surface area contributed by atoms with E-state index < -0.39 is 0 Å². The van der Waals surface area contributed by atoms with Crippen LogP contribution in [0.2, 0.25) is 0 Å². The summed E-state index contributed by atoms with van der Waals surface area (Å²) in [6, 6.07) is 8.17. The lowest BCUT2D eigenvalue weighted by Crippen LogP contribution is -2.34. The van der Waals surface area contributed by atoms with E-state index >= 15 is 0 Å². The van der Waals surface area contributed by atoms with Crippen molar-refractivity contribution in [1.82, 2.24) is 15.1 Å². The second kappa shape index (κ2) is 10.2. The molecular weight excluding hydrogens is 354 g/mol. The number of carbonyl (C=O) groups excluding carboxylic acids is 3. The number of unbranched alkanes of at least 4 members (excludes halogenated alkanes) is 1. The number of nitrogens with one attached hydrogen (secondary N) is 1. The van der Waals surface area contributed by atoms with Gasteiger partial charge in [-0.15, -0.1) is 0 Å². The van der Waals surface area contributed by atoms with E-state index in [0.717, 1.165) is 12.0 Å². The first-order valence-corrected chi connectivity index (χ1v) is 10.3. The lowest BCUT2D eigenvalue weighted by atomic mass is 9.94. The zero-order chi connectivity index (χ0) is 20.7. The van der Waals surface area contributed by atoms with Crippen molar-refractivity contribution in [2.24, 2.45) is 5.92 Å². The highest BCUT2D eigenvalue weighted by atomic mass is 16.2. The fourth-order valence-electron chi connectivity index (χ4n) is 3.44. The Morgan fingerprint density at radius 3 is 2.36 bits per heavy atom. The molecule has 0 radical (unpaired) electrons. The molecule has 1 atom stereocenters. The number of rotatable bonds is 10. The number of hydrogen-bond acceptors (Lipinski definition) is 3. The number of aryl methyl sites for hydroxylation is 1. The Labute approximate surface area is 168 Å². The molecule has 154 valence electrons. The van der Waals surface area contributed by atoms with Crippen LogP contribution in [0.25, 0.3) is 0 Å². The normalized spacial score (nSPS) is 15.5. The van der Waals surface area contributed by atoms with E-state index in [1.807, 2.05) is 0 Å². The van der Waals surface area contributed by atoms with Crippen molar-refractivity contribution in [2.45, 2.75) is 58.9 Å². The molecule has 1 heterocycles. The van der Waals surface area contributed by atoms with Gasteiger partial charge in [0.2, 0.25) is 11.8 Å². The van der Waals surface area contributed by atoms with Crippen LogP contribution in [0.15, 0.2) is 24.3 Å². The molecule has 1 unspecified atom stereocenters. The minimum Gasteiger partial charge on any atom is -0.349 e. The molecule has 1 N–H and O–H groups in total. The maximum Gasteiger partial charge on any atom is 0.326 e. The van der Waals surface area contributed by atoms with Crippen LogP contribution in [-0.4, -0.2) is 47.8 Å². The summed E-state index contributed by atoms with van der Waals surface area (Å²) < 4.78 is 0. The molecule has 1 aromatic carbocycles. The Morgan fingerprint density at radius 1 is 1.14 bits per heavy atom. The lowest BCUT2D eigenvalue weighted by molar-refractivity contribution is -0.126. The number of likely N-dealkylation sites (N-methyl/N-ethyl adjacent to an activating group) is 1. The Bertz CT molecular complexity index is 685. The average molecular weight is 388 g/mol. The van der Waals surface area contributed by atoms with Crippen molar-refractivity contribution < 1.29 is 14.4 Å². The van der Waals surface area contributed by atoms with Crippen LogP contribution < -0.4 is 5.32 Å². The number of amides is 4. The second-order valence-electron chi connectivity index (χ2n) is 7.92. The average Bonchev–Trinajstić information content (AvgIpc) is 2.90. The predicted octanol–water partition coefficient (Wildman–Crippen LogP) is 3.52. The molecule has 6 nitrogen and oxygen atoms in total. The molecule has 6 heteroatoms. The molecule has 1 saturated heterocycles. The molecule has 28 heavy (non-hydrogen) atoms. The number of urea groups is 1. The quantitative estimate of drug-likeness (QED) is 0.625. The molecule has 1 aromatic rings. The molecule has 0 aliphatic carbocycles. The molecule has 1 aliphatic heterocycles. The van der Waals surface area contributed by atoms with E-state index in [9.17, 15) is 14.4 Å². The van der Waals surface area contributed by atoms with Crippen LogP contribution in [0.5, 0.6) is 0 Å². The highest BCUT2D eigenvalue weighted by Gasteiger charge is 2.32. The second-order valence-corrected chi connectivity index (χ2v) is 7.92. The SMILES string of the molecule is CCCCc1ccc(C(NC(=O)CCCN2C(=O)CN(C)C2=O)C(C)C)cc1. The summed E-state index contributed by atoms with van der Waals surface area (Å²) in [4.78, 5) is 38.7. The van der Waals surface area contributed by atoms with Crippen molar-refractivity contribution in [3.05, 3.63) is 35.4 Å². The van der Waals surface area contributed by atoms with Crippen LogP contribution in [0.4, 0.5) is 4.79 Å². The Hall–Kier alpha value is -2.37. The molecule has 0 bridgehead atoms. The van der Waals surface area contributed by atoms with Gasteiger partial charge in [0.15, 0.2) is 0 Å². The number of benzene rings is 1. The van der Waals surface area contributed by atoms with E-state index in [4.69, 9.17) is 0 Å². The van der Waals surface area contributed by atoms with Gasteiger partial charge in [-0.2, -0.15) is 0 Å². The van der Waals surface area contributed by atoms with Crippen molar-refractivity contribution >= 4 is 17.8 Å². The number of imide groups is 1. The first-order chi connectivity index (χ1) is 13.3. The Balaban J connectivity index is 1.87. The minimum absolute atomic E-state index is 0.0473. The summed E-state index contributed by atoms with van der Waals surface area (Å²) >= 11 is 0. The van der Waals surface area contributed by atoms with Crippen LogP contribution in [0.3, 0.4) is 0 Å². The van der Waals surface area contributed by atoms with Crippen molar-refractivity contribution in [2.75, 3.05) is 20.1 Å². The van der Waals surface area contributed by atoms with E-state index in [-0.39, 0.29) is 42.9 Å². The first kappa shape index (κ1) is 21.9. The summed E-state index contributed by atoms with van der Waals surface area (Å²) in [5.41, 5.74) is 2.43. The fourth-order valence-corrected chi connectivity index (χ4v) is 3.44. The van der Waals surface area contributed by atoms with Crippen molar-refractivity contribution in [3.8, 4) is 0 Å². The highest BCUT2D eigenvalue weighted by Crippen LogP contribution is 2.23. The van der Waals surface area contributed by atoms with Gasteiger partial charge in [-0.25, -0.2) is 4.79 Å². The topological polar surface area (TPSA) is 69.7 Å². The zero-order valence-corrected chi connectivity index (χ0v) is 17.5. The summed E-state index contributed by atoms with van der Waals surface area (Å²) in [5, 5.41) is 3.11. The van der Waals surface area contributed by atoms with Gasteiger partial charge in [0.25, 0.3) is 0 Å². The minimum atomic E-state index is -0.284. The molecule has 2 rings (SSSR count). The summed E-state index contributed by atoms with van der Waals surface area (Å²) in [6.07, 6.45) is 4.20. The zero-order valence-electron chi connectivity index (χ0n) is 17.5. The van der Waals surface area contributed by atoms with Gasteiger partial charge in [-0.05, 0) is 36.3 Å². The molecular formula is C22H33N3O3. The van der Waals surface area contributed by atoms with Gasteiger partial charge in [0.05, 0.1) is 6.04 Å². The van der Waals surface area contributed by atoms with E-state index in [1.54, 1.807) is 7.05 Å². The van der Waals surface area contributed by atoms with Gasteiger partial charge in [-0.1, -0.05) is 51.5 Å². The highest BCUT2D eigenvalue weighted by molar-refractivity contribution is 6.01. The third-order valence-electron chi connectivity index (χ3n) is 5.16. The third kappa shape index (κ3) is 5.81. The van der Waals surface area contributed by atoms with Crippen LogP contribution in [-0.2, 0) is 16.0 Å². The summed E-state index contributed by atoms with van der Waals surface area (Å²) in [6.45, 7) is 6.77. The Morgan fingerprint density at radius 2 is 1.82 bits per heavy atom. The molecule has 0 saturated carbocycles. The van der Waals surface area contributed by atoms with Crippen LogP contribution >= 0.6 is 0 Å². The van der Waals surface area contributed by atoms with Gasteiger partial charge in [0, 0.05) is 20.0 Å². The van der Waals surface area contributed by atoms with Crippen LogP contribution in [0.1, 0.15) is 63.6 Å². The maximum absolute atomic E-state index is 12.4. The van der Waals surface area contributed by atoms with Crippen LogP contribution in [0, 0.1) is 5.92 Å². The molecule has 0 aromatic heterocycles. The third-order valence-corrected chi connectivity index (χ3v) is 5.16. The fraction of sp³-hybridized carbons (Fsp3) is 0.591. The first-order valence-electron chi connectivity index (χ1n) is 10.3. The summed E-state index contributed by atoms with van der Waals surface area (Å²) in [5.74, 6) is 0.0122. The number of carbonyl (C=O) groups is 3. The standard InChI is InChI=1S/C22H33N3O3/c1-5-6-8-17-10-12-18(13-11-17)21(16(2)3)23-19(26)9-7-14-25-20(27)15-24(4)22(25)28/h10-13,16,21H,5-9,14-15H2,1-4H3,(H,23,26). The monoisotopic (exact) mass is 387 g/mol. The van der Waals surface area contributed by atoms with E-state index in [1.165, 1.54) is 28.2 Å². The van der Waals surface area contributed by atoms with Gasteiger partial charge in [0.1, 0.15) is 6.54 Å². The molecule has 4 amide bonds. The summed E-state index contributed by atoms with van der Waals surface area (Å²) in [7, 11) is 1.60. The van der Waals surface area contributed by atoms with Gasteiger partial charge < -0.3 is 10.2 Å². The van der Waals surface area contributed by atoms with Crippen molar-refractivity contribution in [3.63, 3.8) is 0 Å². The van der Waals surface area contributed by atoms with Crippen molar-refractivity contribution in [1.29, 1.82) is 0 Å². The smallest absolute Gasteiger partial charge is 0.326 e. The number of hydrogen-bond donors (Lipinski definition) is 1. The largest absolute Gasteiger partial charge is 0.349 e. The predicted molar refractivity (Wildman–Crippen MR) is 110 cm³/mol. The molecule has 1 fully saturated rings. The van der Waals surface area contributed by atoms with Gasteiger partial charge >= 0.3 is 6.03 Å². The Kier molecular flexibility index (Phi) is 8.03. The molecule has 0 spiro atoms. The molecule has 1 aliphatic rings. The van der Waals surface area contributed by atoms with Gasteiger partial charge in [-0.3, -0.25) is 14.5 Å². The lowest BCUT2D eigenvalue weighted by Gasteiger charge is -2.23. The number of nitrogens with zero attached hydrogens (tertiary/aromatic N) is 2.